The number of nitrogens with one attached hydrogen (secondary N) is 1. The zero-order valence-corrected chi connectivity index (χ0v) is 10.2. The first-order chi connectivity index (χ1) is 8.20. The van der Waals surface area contributed by atoms with Crippen molar-refractivity contribution < 1.29 is 0 Å². The van der Waals surface area contributed by atoms with Crippen LogP contribution in [-0.4, -0.2) is 9.97 Å². The smallest absolute Gasteiger partial charge is 0.254 e. The maximum absolute atomic E-state index is 11.9. The van der Waals surface area contributed by atoms with E-state index in [-0.39, 0.29) is 5.56 Å². The number of aromatic amines is 1. The lowest BCUT2D eigenvalue weighted by molar-refractivity contribution is 0.869. The van der Waals surface area contributed by atoms with Gasteiger partial charge in [0.25, 0.3) is 5.56 Å². The van der Waals surface area contributed by atoms with Crippen molar-refractivity contribution in [1.82, 2.24) is 9.97 Å². The molecule has 0 aliphatic rings. The van der Waals surface area contributed by atoms with Crippen molar-refractivity contribution in [3.8, 4) is 0 Å². The minimum atomic E-state index is -0.0156. The van der Waals surface area contributed by atoms with Gasteiger partial charge in [-0.15, -0.1) is 0 Å². The van der Waals surface area contributed by atoms with Crippen LogP contribution in [0.4, 0.5) is 0 Å². The molecule has 88 valence electrons. The third-order valence-corrected chi connectivity index (χ3v) is 2.83. The summed E-state index contributed by atoms with van der Waals surface area (Å²) in [5.74, 6) is 0.754. The molecule has 0 atom stereocenters. The predicted molar refractivity (Wildman–Crippen MR) is 68.2 cm³/mol. The number of benzene rings is 1. The SMILES string of the molecule is CCc1nc(C)c(Cc2ccccc2)c(=O)[nH]1. The van der Waals surface area contributed by atoms with Gasteiger partial charge in [-0.1, -0.05) is 37.3 Å². The third kappa shape index (κ3) is 2.61. The van der Waals surface area contributed by atoms with Crippen LogP contribution in [-0.2, 0) is 12.8 Å². The van der Waals surface area contributed by atoms with E-state index < -0.39 is 0 Å². The highest BCUT2D eigenvalue weighted by Gasteiger charge is 2.07. The van der Waals surface area contributed by atoms with Gasteiger partial charge in [-0.25, -0.2) is 4.98 Å². The first kappa shape index (κ1) is 11.6. The van der Waals surface area contributed by atoms with Gasteiger partial charge in [-0.2, -0.15) is 0 Å². The van der Waals surface area contributed by atoms with Crippen LogP contribution in [0.2, 0.25) is 0 Å². The van der Waals surface area contributed by atoms with Crippen LogP contribution in [0.5, 0.6) is 0 Å². The van der Waals surface area contributed by atoms with Crippen molar-refractivity contribution in [3.63, 3.8) is 0 Å². The molecule has 2 rings (SSSR count). The highest BCUT2D eigenvalue weighted by molar-refractivity contribution is 5.26. The number of hydrogen-bond donors (Lipinski definition) is 1. The second kappa shape index (κ2) is 4.95. The van der Waals surface area contributed by atoms with Crippen LogP contribution in [0, 0.1) is 6.92 Å². The van der Waals surface area contributed by atoms with Crippen LogP contribution < -0.4 is 5.56 Å². The van der Waals surface area contributed by atoms with E-state index in [1.807, 2.05) is 44.2 Å². The van der Waals surface area contributed by atoms with Crippen molar-refractivity contribution in [3.05, 3.63) is 63.3 Å². The van der Waals surface area contributed by atoms with Crippen molar-refractivity contribution in [2.24, 2.45) is 0 Å². The van der Waals surface area contributed by atoms with Crippen molar-refractivity contribution in [2.45, 2.75) is 26.7 Å². The molecule has 3 nitrogen and oxygen atoms in total. The van der Waals surface area contributed by atoms with E-state index in [9.17, 15) is 4.79 Å². The molecule has 0 amide bonds. The summed E-state index contributed by atoms with van der Waals surface area (Å²) in [6.07, 6.45) is 1.39. The highest BCUT2D eigenvalue weighted by Crippen LogP contribution is 2.08. The van der Waals surface area contributed by atoms with Gasteiger partial charge in [0.2, 0.25) is 0 Å². The Morgan fingerprint density at radius 1 is 1.24 bits per heavy atom. The van der Waals surface area contributed by atoms with E-state index in [2.05, 4.69) is 9.97 Å². The Balaban J connectivity index is 2.37. The second-order valence-electron chi connectivity index (χ2n) is 4.09. The molecule has 17 heavy (non-hydrogen) atoms. The van der Waals surface area contributed by atoms with E-state index in [0.717, 1.165) is 29.1 Å². The molecular formula is C14H16N2O. The van der Waals surface area contributed by atoms with Gasteiger partial charge in [0, 0.05) is 24.1 Å². The lowest BCUT2D eigenvalue weighted by Crippen LogP contribution is -2.19. The summed E-state index contributed by atoms with van der Waals surface area (Å²) in [5, 5.41) is 0. The summed E-state index contributed by atoms with van der Waals surface area (Å²) in [7, 11) is 0. The molecule has 1 aromatic carbocycles. The predicted octanol–water partition coefficient (Wildman–Crippen LogP) is 2.23. The molecule has 0 saturated heterocycles. The maximum atomic E-state index is 11.9. The molecule has 0 fully saturated rings. The second-order valence-corrected chi connectivity index (χ2v) is 4.09. The minimum absolute atomic E-state index is 0.0156. The minimum Gasteiger partial charge on any atom is -0.310 e. The molecule has 1 N–H and O–H groups in total. The Bertz CT molecular complexity index is 558. The zero-order chi connectivity index (χ0) is 12.3. The van der Waals surface area contributed by atoms with Crippen molar-refractivity contribution in [1.29, 1.82) is 0 Å². The van der Waals surface area contributed by atoms with Crippen LogP contribution in [0.1, 0.15) is 29.6 Å². The Hall–Kier alpha value is -1.90. The lowest BCUT2D eigenvalue weighted by atomic mass is 10.1. The van der Waals surface area contributed by atoms with Gasteiger partial charge in [0.05, 0.1) is 0 Å². The Morgan fingerprint density at radius 2 is 1.94 bits per heavy atom. The molecule has 0 unspecified atom stereocenters. The molecule has 1 aromatic heterocycles. The van der Waals surface area contributed by atoms with Crippen LogP contribution >= 0.6 is 0 Å². The molecule has 0 spiro atoms. The number of hydrogen-bond acceptors (Lipinski definition) is 2. The quantitative estimate of drug-likeness (QED) is 0.875. The number of aromatic nitrogens is 2. The summed E-state index contributed by atoms with van der Waals surface area (Å²) >= 11 is 0. The van der Waals surface area contributed by atoms with Gasteiger partial charge in [0.1, 0.15) is 5.82 Å². The fourth-order valence-electron chi connectivity index (χ4n) is 1.84. The van der Waals surface area contributed by atoms with Crippen LogP contribution in [0.15, 0.2) is 35.1 Å². The Labute approximate surface area is 101 Å². The fourth-order valence-corrected chi connectivity index (χ4v) is 1.84. The largest absolute Gasteiger partial charge is 0.310 e. The van der Waals surface area contributed by atoms with Gasteiger partial charge in [-0.05, 0) is 12.5 Å². The van der Waals surface area contributed by atoms with E-state index in [1.165, 1.54) is 0 Å². The number of H-pyrrole nitrogens is 1. The van der Waals surface area contributed by atoms with Gasteiger partial charge < -0.3 is 4.98 Å². The van der Waals surface area contributed by atoms with Crippen molar-refractivity contribution in [2.75, 3.05) is 0 Å². The topological polar surface area (TPSA) is 45.8 Å². The first-order valence-electron chi connectivity index (χ1n) is 5.83. The van der Waals surface area contributed by atoms with Gasteiger partial charge in [-0.3, -0.25) is 4.79 Å². The molecular weight excluding hydrogens is 212 g/mol. The Kier molecular flexibility index (Phi) is 3.38. The molecule has 0 bridgehead atoms. The average Bonchev–Trinajstić information content (AvgIpc) is 2.35. The highest BCUT2D eigenvalue weighted by atomic mass is 16.1. The summed E-state index contributed by atoms with van der Waals surface area (Å²) < 4.78 is 0. The van der Waals surface area contributed by atoms with Gasteiger partial charge in [0.15, 0.2) is 0 Å². The third-order valence-electron chi connectivity index (χ3n) is 2.83. The normalized spacial score (nSPS) is 10.5. The molecule has 3 heteroatoms. The number of aryl methyl sites for hydroxylation is 2. The van der Waals surface area contributed by atoms with Crippen LogP contribution in [0.3, 0.4) is 0 Å². The van der Waals surface area contributed by atoms with Crippen LogP contribution in [0.25, 0.3) is 0 Å². The summed E-state index contributed by atoms with van der Waals surface area (Å²) in [4.78, 5) is 19.1. The molecule has 0 aliphatic carbocycles. The van der Waals surface area contributed by atoms with E-state index >= 15 is 0 Å². The molecule has 2 aromatic rings. The molecule has 0 radical (unpaired) electrons. The van der Waals surface area contributed by atoms with E-state index in [1.54, 1.807) is 0 Å². The summed E-state index contributed by atoms with van der Waals surface area (Å²) in [5.41, 5.74) is 2.70. The molecule has 1 heterocycles. The van der Waals surface area contributed by atoms with E-state index in [0.29, 0.717) is 6.42 Å². The van der Waals surface area contributed by atoms with E-state index in [4.69, 9.17) is 0 Å². The number of nitrogens with zero attached hydrogens (tertiary/aromatic N) is 1. The molecule has 0 aliphatic heterocycles. The fraction of sp³-hybridized carbons (Fsp3) is 0.286. The summed E-state index contributed by atoms with van der Waals surface area (Å²) in [6.45, 7) is 3.88. The monoisotopic (exact) mass is 228 g/mol. The van der Waals surface area contributed by atoms with Crippen molar-refractivity contribution >= 4 is 0 Å². The Morgan fingerprint density at radius 3 is 2.53 bits per heavy atom. The average molecular weight is 228 g/mol. The summed E-state index contributed by atoms with van der Waals surface area (Å²) in [6, 6.07) is 9.97. The zero-order valence-electron chi connectivity index (χ0n) is 10.2. The standard InChI is InChI=1S/C14H16N2O/c1-3-13-15-10(2)12(14(17)16-13)9-11-7-5-4-6-8-11/h4-8H,3,9H2,1-2H3,(H,15,16,17). The lowest BCUT2D eigenvalue weighted by Gasteiger charge is -2.06. The maximum Gasteiger partial charge on any atom is 0.254 e. The molecule has 0 saturated carbocycles. The number of rotatable bonds is 3. The first-order valence-corrected chi connectivity index (χ1v) is 5.83. The van der Waals surface area contributed by atoms with Gasteiger partial charge >= 0.3 is 0 Å².